The van der Waals surface area contributed by atoms with Crippen molar-refractivity contribution in [1.29, 1.82) is 0 Å². The molecule has 4 amide bonds. The molecule has 0 unspecified atom stereocenters. The second-order valence-corrected chi connectivity index (χ2v) is 9.33. The van der Waals surface area contributed by atoms with Crippen LogP contribution in [0.2, 0.25) is 0 Å². The van der Waals surface area contributed by atoms with E-state index in [9.17, 15) is 27.6 Å². The molecule has 12 heteroatoms. The van der Waals surface area contributed by atoms with Crippen LogP contribution in [0.25, 0.3) is 6.08 Å². The van der Waals surface area contributed by atoms with E-state index in [-0.39, 0.29) is 41.7 Å². The van der Waals surface area contributed by atoms with Crippen LogP contribution < -0.4 is 10.1 Å². The fraction of sp³-hybridized carbons (Fsp3) is 0.522. The maximum Gasteiger partial charge on any atom is 0.573 e. The zero-order valence-corrected chi connectivity index (χ0v) is 18.7. The third kappa shape index (κ3) is 5.15. The Kier molecular flexibility index (Phi) is 5.97. The zero-order chi connectivity index (χ0) is 24.7. The highest BCUT2D eigenvalue weighted by molar-refractivity contribution is 5.92. The van der Waals surface area contributed by atoms with Crippen molar-refractivity contribution in [1.82, 2.24) is 20.0 Å². The number of rotatable bonds is 3. The van der Waals surface area contributed by atoms with Gasteiger partial charge < -0.3 is 29.5 Å². The number of hydrogen-bond acceptors (Lipinski definition) is 5. The molecule has 1 N–H and O–H groups in total. The predicted molar refractivity (Wildman–Crippen MR) is 116 cm³/mol. The van der Waals surface area contributed by atoms with Crippen molar-refractivity contribution >= 4 is 24.1 Å². The van der Waals surface area contributed by atoms with Gasteiger partial charge in [-0.1, -0.05) is 12.1 Å². The van der Waals surface area contributed by atoms with Gasteiger partial charge in [-0.25, -0.2) is 9.59 Å². The Hall–Kier alpha value is -3.44. The largest absolute Gasteiger partial charge is 0.573 e. The summed E-state index contributed by atoms with van der Waals surface area (Å²) in [6, 6.07) is 5.18. The van der Waals surface area contributed by atoms with Crippen LogP contribution in [0, 0.1) is 11.8 Å². The molecule has 9 nitrogen and oxygen atoms in total. The molecule has 1 aromatic carbocycles. The molecule has 188 valence electrons. The number of nitrogens with one attached hydrogen (secondary N) is 1. The van der Waals surface area contributed by atoms with Gasteiger partial charge in [-0.2, -0.15) is 0 Å². The molecule has 35 heavy (non-hydrogen) atoms. The number of carbonyl (C=O) groups excluding carboxylic acids is 3. The minimum atomic E-state index is -4.75. The average molecular weight is 494 g/mol. The summed E-state index contributed by atoms with van der Waals surface area (Å²) in [7, 11) is 0. The molecule has 1 aromatic rings. The average Bonchev–Trinajstić information content (AvgIpc) is 3.48. The van der Waals surface area contributed by atoms with Gasteiger partial charge in [0.2, 0.25) is 5.91 Å². The lowest BCUT2D eigenvalue weighted by molar-refractivity contribution is -0.274. The number of amides is 4. The van der Waals surface area contributed by atoms with Crippen LogP contribution in [0.5, 0.6) is 5.75 Å². The molecule has 4 atom stereocenters. The molecule has 4 aliphatic rings. The van der Waals surface area contributed by atoms with Crippen molar-refractivity contribution in [2.24, 2.45) is 11.8 Å². The number of ether oxygens (including phenoxy) is 2. The van der Waals surface area contributed by atoms with Gasteiger partial charge in [0.15, 0.2) is 0 Å². The van der Waals surface area contributed by atoms with E-state index in [1.54, 1.807) is 15.9 Å². The van der Waals surface area contributed by atoms with E-state index in [0.29, 0.717) is 51.3 Å². The molecule has 0 aliphatic carbocycles. The molecular formula is C23H25F3N4O5. The molecule has 4 fully saturated rings. The number of hydrogen-bond donors (Lipinski definition) is 1. The van der Waals surface area contributed by atoms with E-state index in [1.807, 2.05) is 4.90 Å². The molecule has 4 saturated heterocycles. The first-order chi connectivity index (χ1) is 16.6. The first-order valence-corrected chi connectivity index (χ1v) is 11.5. The number of nitrogens with zero attached hydrogens (tertiary/aromatic N) is 3. The lowest BCUT2D eigenvalue weighted by Crippen LogP contribution is -2.53. The molecule has 0 bridgehead atoms. The third-order valence-corrected chi connectivity index (χ3v) is 6.99. The molecule has 0 spiro atoms. The number of likely N-dealkylation sites (tertiary alicyclic amines) is 3. The molecular weight excluding hydrogens is 469 g/mol. The van der Waals surface area contributed by atoms with E-state index in [4.69, 9.17) is 4.74 Å². The number of alkyl carbamates (subject to hydrolysis) is 1. The Morgan fingerprint density at radius 3 is 2.31 bits per heavy atom. The molecule has 0 aromatic heterocycles. The summed E-state index contributed by atoms with van der Waals surface area (Å²) < 4.78 is 45.9. The van der Waals surface area contributed by atoms with Crippen molar-refractivity contribution in [3.05, 3.63) is 35.9 Å². The van der Waals surface area contributed by atoms with Gasteiger partial charge in [0.25, 0.3) is 0 Å². The minimum Gasteiger partial charge on any atom is -0.442 e. The quantitative estimate of drug-likeness (QED) is 0.652. The van der Waals surface area contributed by atoms with Crippen molar-refractivity contribution in [3.63, 3.8) is 0 Å². The number of benzene rings is 1. The Labute approximate surface area is 199 Å². The maximum absolute atomic E-state index is 13.0. The zero-order valence-electron chi connectivity index (χ0n) is 18.7. The number of fused-ring (bicyclic) bond motifs is 2. The highest BCUT2D eigenvalue weighted by Crippen LogP contribution is 2.32. The van der Waals surface area contributed by atoms with Crippen LogP contribution in [0.1, 0.15) is 12.0 Å². The summed E-state index contributed by atoms with van der Waals surface area (Å²) in [6.07, 6.45) is -1.87. The van der Waals surface area contributed by atoms with E-state index >= 15 is 0 Å². The highest BCUT2D eigenvalue weighted by Gasteiger charge is 2.45. The number of halogens is 3. The van der Waals surface area contributed by atoms with Gasteiger partial charge in [-0.05, 0) is 30.2 Å². The summed E-state index contributed by atoms with van der Waals surface area (Å²) >= 11 is 0. The second kappa shape index (κ2) is 8.97. The van der Waals surface area contributed by atoms with E-state index in [1.165, 1.54) is 30.3 Å². The fourth-order valence-corrected chi connectivity index (χ4v) is 5.28. The Morgan fingerprint density at radius 2 is 1.66 bits per heavy atom. The Bertz CT molecular complexity index is 1020. The van der Waals surface area contributed by atoms with Crippen LogP contribution in [0.4, 0.5) is 22.8 Å². The standard InChI is InChI=1S/C23H25F3N4O5/c24-23(25,26)35-17-4-1-14(2-5-17)3-6-20(31)29-9-15-11-30(12-16(15)10-29)22(33)28-8-7-18-19(13-28)34-21(32)27-18/h1-6,15-16,18-19H,7-13H2,(H,27,32)/t15-,16-,18-,19-/m1/s1. The van der Waals surface area contributed by atoms with Crippen LogP contribution >= 0.6 is 0 Å². The van der Waals surface area contributed by atoms with Crippen LogP contribution in [-0.4, -0.2) is 90.5 Å². The summed E-state index contributed by atoms with van der Waals surface area (Å²) in [5, 5.41) is 2.76. The first-order valence-electron chi connectivity index (χ1n) is 11.5. The molecule has 0 radical (unpaired) electrons. The highest BCUT2D eigenvalue weighted by atomic mass is 19.4. The molecule has 0 saturated carbocycles. The minimum absolute atomic E-state index is 0.0386. The molecule has 4 heterocycles. The van der Waals surface area contributed by atoms with Crippen molar-refractivity contribution in [2.45, 2.75) is 24.9 Å². The van der Waals surface area contributed by atoms with E-state index < -0.39 is 12.5 Å². The molecule has 4 aliphatic heterocycles. The monoisotopic (exact) mass is 494 g/mol. The van der Waals surface area contributed by atoms with Gasteiger partial charge in [-0.3, -0.25) is 4.79 Å². The van der Waals surface area contributed by atoms with Gasteiger partial charge >= 0.3 is 18.5 Å². The SMILES string of the molecule is O=C1N[C@@H]2CCN(C(=O)N3C[C@H]4CN(C(=O)C=Cc5ccc(OC(F)(F)F)cc5)C[C@@H]4C3)C[C@H]2O1. The van der Waals surface area contributed by atoms with Crippen molar-refractivity contribution < 1.29 is 37.0 Å². The Balaban J connectivity index is 1.10. The van der Waals surface area contributed by atoms with Gasteiger partial charge in [0, 0.05) is 50.6 Å². The first kappa shape index (κ1) is 23.3. The summed E-state index contributed by atoms with van der Waals surface area (Å²) in [4.78, 5) is 42.4. The van der Waals surface area contributed by atoms with Gasteiger partial charge in [0.1, 0.15) is 11.9 Å². The van der Waals surface area contributed by atoms with Gasteiger partial charge in [-0.15, -0.1) is 13.2 Å². The summed E-state index contributed by atoms with van der Waals surface area (Å²) in [5.74, 6) is -0.111. The number of alkyl halides is 3. The van der Waals surface area contributed by atoms with Crippen LogP contribution in [0.3, 0.4) is 0 Å². The number of urea groups is 1. The predicted octanol–water partition coefficient (Wildman–Crippen LogP) is 2.29. The Morgan fingerprint density at radius 1 is 1.00 bits per heavy atom. The number of piperidine rings is 1. The van der Waals surface area contributed by atoms with Gasteiger partial charge in [0.05, 0.1) is 12.6 Å². The smallest absolute Gasteiger partial charge is 0.442 e. The molecule has 5 rings (SSSR count). The fourth-order valence-electron chi connectivity index (χ4n) is 5.28. The van der Waals surface area contributed by atoms with Crippen molar-refractivity contribution in [3.8, 4) is 5.75 Å². The topological polar surface area (TPSA) is 91.4 Å². The van der Waals surface area contributed by atoms with Crippen LogP contribution in [-0.2, 0) is 9.53 Å². The van der Waals surface area contributed by atoms with Crippen molar-refractivity contribution in [2.75, 3.05) is 39.3 Å². The second-order valence-electron chi connectivity index (χ2n) is 9.33. The summed E-state index contributed by atoms with van der Waals surface area (Å²) in [6.45, 7) is 3.17. The lowest BCUT2D eigenvalue weighted by Gasteiger charge is -2.35. The number of carbonyl (C=O) groups is 3. The lowest BCUT2D eigenvalue weighted by atomic mass is 10.0. The van der Waals surface area contributed by atoms with Crippen LogP contribution in [0.15, 0.2) is 30.3 Å². The van der Waals surface area contributed by atoms with E-state index in [0.717, 1.165) is 0 Å². The third-order valence-electron chi connectivity index (χ3n) is 6.99. The maximum atomic E-state index is 13.0. The normalized spacial score (nSPS) is 28.1. The van der Waals surface area contributed by atoms with E-state index in [2.05, 4.69) is 10.1 Å². The summed E-state index contributed by atoms with van der Waals surface area (Å²) in [5.41, 5.74) is 0.580.